The van der Waals surface area contributed by atoms with Gasteiger partial charge in [-0.25, -0.2) is 19.0 Å². The molecule has 32 heavy (non-hydrogen) atoms. The fraction of sp³-hybridized carbons (Fsp3) is 0.538. The maximum absolute atomic E-state index is 5.05. The van der Waals surface area contributed by atoms with Crippen molar-refractivity contribution in [2.75, 3.05) is 0 Å². The van der Waals surface area contributed by atoms with Gasteiger partial charge in [0.25, 0.3) is 0 Å². The molecule has 0 bridgehead atoms. The number of nitrogens with zero attached hydrogens (tertiary/aromatic N) is 6. The summed E-state index contributed by atoms with van der Waals surface area (Å²) in [7, 11) is 0. The number of aryl methyl sites for hydroxylation is 4. The summed E-state index contributed by atoms with van der Waals surface area (Å²) in [6.45, 7) is 12.8. The van der Waals surface area contributed by atoms with Crippen molar-refractivity contribution in [2.45, 2.75) is 91.9 Å². The normalized spacial score (nSPS) is 15.1. The molecule has 0 radical (unpaired) electrons. The number of rotatable bonds is 5. The summed E-state index contributed by atoms with van der Waals surface area (Å²) in [6, 6.07) is 4.46. The fourth-order valence-corrected chi connectivity index (χ4v) is 5.67. The Labute approximate surface area is 190 Å². The van der Waals surface area contributed by atoms with Crippen molar-refractivity contribution in [1.82, 2.24) is 29.2 Å². The van der Waals surface area contributed by atoms with Crippen molar-refractivity contribution in [3.63, 3.8) is 0 Å². The van der Waals surface area contributed by atoms with Crippen molar-refractivity contribution < 1.29 is 0 Å². The van der Waals surface area contributed by atoms with E-state index >= 15 is 0 Å². The average Bonchev–Trinajstić information content (AvgIpc) is 3.46. The Kier molecular flexibility index (Phi) is 5.26. The van der Waals surface area contributed by atoms with Crippen LogP contribution in [-0.2, 0) is 0 Å². The van der Waals surface area contributed by atoms with Crippen molar-refractivity contribution in [1.29, 1.82) is 0 Å². The molecule has 4 aromatic rings. The van der Waals surface area contributed by atoms with Gasteiger partial charge in [-0.3, -0.25) is 0 Å². The number of imidazole rings is 2. The largest absolute Gasteiger partial charge is 0.231 e. The second-order valence-electron chi connectivity index (χ2n) is 9.54. The third-order valence-electron chi connectivity index (χ3n) is 7.26. The summed E-state index contributed by atoms with van der Waals surface area (Å²) < 4.78 is 4.11. The Morgan fingerprint density at radius 2 is 1.34 bits per heavy atom. The number of aromatic nitrogens is 6. The van der Waals surface area contributed by atoms with Crippen LogP contribution in [0.15, 0.2) is 12.1 Å². The Morgan fingerprint density at radius 3 is 1.94 bits per heavy atom. The Bertz CT molecular complexity index is 1210. The topological polar surface area (TPSA) is 60.4 Å². The van der Waals surface area contributed by atoms with Crippen LogP contribution in [0, 0.1) is 27.7 Å². The fourth-order valence-electron chi connectivity index (χ4n) is 5.67. The molecule has 0 atom stereocenters. The van der Waals surface area contributed by atoms with Crippen LogP contribution in [0.5, 0.6) is 0 Å². The van der Waals surface area contributed by atoms with Crippen molar-refractivity contribution in [2.24, 2.45) is 0 Å². The maximum Gasteiger partial charge on any atom is 0.158 e. The third-order valence-corrected chi connectivity index (χ3v) is 7.26. The van der Waals surface area contributed by atoms with Crippen molar-refractivity contribution in [3.05, 3.63) is 46.0 Å². The van der Waals surface area contributed by atoms with Crippen LogP contribution in [0.2, 0.25) is 0 Å². The van der Waals surface area contributed by atoms with E-state index in [1.807, 2.05) is 4.52 Å². The molecule has 0 spiro atoms. The molecular weight excluding hydrogens is 396 g/mol. The molecule has 0 unspecified atom stereocenters. The lowest BCUT2D eigenvalue weighted by atomic mass is 9.95. The minimum Gasteiger partial charge on any atom is -0.231 e. The van der Waals surface area contributed by atoms with Gasteiger partial charge in [-0.1, -0.05) is 26.7 Å². The van der Waals surface area contributed by atoms with Gasteiger partial charge in [0.1, 0.15) is 11.4 Å². The van der Waals surface area contributed by atoms with E-state index in [1.165, 1.54) is 36.8 Å². The Morgan fingerprint density at radius 1 is 0.812 bits per heavy atom. The molecule has 0 saturated heterocycles. The second-order valence-corrected chi connectivity index (χ2v) is 9.54. The van der Waals surface area contributed by atoms with E-state index in [-0.39, 0.29) is 0 Å². The summed E-state index contributed by atoms with van der Waals surface area (Å²) >= 11 is 0. The highest BCUT2D eigenvalue weighted by Crippen LogP contribution is 2.38. The molecule has 1 aliphatic rings. The van der Waals surface area contributed by atoms with Crippen LogP contribution >= 0.6 is 0 Å². The first-order valence-electron chi connectivity index (χ1n) is 12.2. The zero-order chi connectivity index (χ0) is 22.6. The molecule has 1 saturated carbocycles. The lowest BCUT2D eigenvalue weighted by Crippen LogP contribution is -2.07. The standard InChI is InChI=1S/C26H34N6/c1-7-19(8-2)21-13-15(3)29-31-23(17(5)27-25(21)31)24-18(6)28-26-22(20-11-9-10-12-20)14-16(4)30-32(24)26/h13-14,19-20H,7-12H2,1-6H3. The van der Waals surface area contributed by atoms with Gasteiger partial charge in [0, 0.05) is 11.1 Å². The van der Waals surface area contributed by atoms with E-state index in [9.17, 15) is 0 Å². The van der Waals surface area contributed by atoms with Crippen LogP contribution in [0.3, 0.4) is 0 Å². The van der Waals surface area contributed by atoms with E-state index < -0.39 is 0 Å². The molecule has 168 valence electrons. The van der Waals surface area contributed by atoms with Crippen molar-refractivity contribution in [3.8, 4) is 11.4 Å². The van der Waals surface area contributed by atoms with Gasteiger partial charge < -0.3 is 0 Å². The summed E-state index contributed by atoms with van der Waals surface area (Å²) in [5.41, 5.74) is 10.6. The lowest BCUT2D eigenvalue weighted by Gasteiger charge is -2.15. The molecular formula is C26H34N6. The molecule has 6 heteroatoms. The van der Waals surface area contributed by atoms with E-state index in [0.717, 1.165) is 58.3 Å². The first-order chi connectivity index (χ1) is 15.4. The van der Waals surface area contributed by atoms with Gasteiger partial charge in [0.2, 0.25) is 0 Å². The SMILES string of the molecule is CCC(CC)c1cc(C)nn2c(-c3c(C)nc4c(C5CCCC5)cc(C)nn34)c(C)nc12. The third kappa shape index (κ3) is 3.23. The predicted octanol–water partition coefficient (Wildman–Crippen LogP) is 6.23. The van der Waals surface area contributed by atoms with Gasteiger partial charge in [0.05, 0.1) is 22.8 Å². The summed E-state index contributed by atoms with van der Waals surface area (Å²) in [4.78, 5) is 10.1. The zero-order valence-electron chi connectivity index (χ0n) is 20.2. The van der Waals surface area contributed by atoms with Gasteiger partial charge in [-0.15, -0.1) is 0 Å². The number of hydrogen-bond acceptors (Lipinski definition) is 4. The van der Waals surface area contributed by atoms with Crippen molar-refractivity contribution >= 4 is 11.3 Å². The predicted molar refractivity (Wildman–Crippen MR) is 128 cm³/mol. The Hall–Kier alpha value is -2.76. The molecule has 6 nitrogen and oxygen atoms in total. The number of hydrogen-bond donors (Lipinski definition) is 0. The summed E-state index contributed by atoms with van der Waals surface area (Å²) in [6.07, 6.45) is 7.29. The highest BCUT2D eigenvalue weighted by atomic mass is 15.3. The molecule has 4 aromatic heterocycles. The van der Waals surface area contributed by atoms with E-state index in [2.05, 4.69) is 58.2 Å². The molecule has 0 aromatic carbocycles. The van der Waals surface area contributed by atoms with Gasteiger partial charge in [-0.05, 0) is 77.3 Å². The smallest absolute Gasteiger partial charge is 0.158 e. The monoisotopic (exact) mass is 430 g/mol. The maximum atomic E-state index is 5.05. The highest BCUT2D eigenvalue weighted by Gasteiger charge is 2.27. The molecule has 0 N–H and O–H groups in total. The summed E-state index contributed by atoms with van der Waals surface area (Å²) in [5, 5.41) is 9.85. The minimum atomic E-state index is 0.478. The van der Waals surface area contributed by atoms with Gasteiger partial charge in [0.15, 0.2) is 11.3 Å². The number of fused-ring (bicyclic) bond motifs is 2. The zero-order valence-corrected chi connectivity index (χ0v) is 20.2. The van der Waals surface area contributed by atoms with E-state index in [1.54, 1.807) is 0 Å². The van der Waals surface area contributed by atoms with E-state index in [4.69, 9.17) is 20.2 Å². The molecule has 1 fully saturated rings. The quantitative estimate of drug-likeness (QED) is 0.376. The molecule has 0 aliphatic heterocycles. The van der Waals surface area contributed by atoms with E-state index in [0.29, 0.717) is 11.8 Å². The minimum absolute atomic E-state index is 0.478. The second kappa shape index (κ2) is 7.98. The molecule has 0 amide bonds. The lowest BCUT2D eigenvalue weighted by molar-refractivity contribution is 0.638. The highest BCUT2D eigenvalue weighted by molar-refractivity contribution is 5.71. The first kappa shape index (κ1) is 21.1. The first-order valence-corrected chi connectivity index (χ1v) is 12.2. The van der Waals surface area contributed by atoms with Crippen LogP contribution in [0.4, 0.5) is 0 Å². The Balaban J connectivity index is 1.80. The van der Waals surface area contributed by atoms with Crippen LogP contribution in [0.25, 0.3) is 22.7 Å². The van der Waals surface area contributed by atoms with Crippen LogP contribution in [0.1, 0.15) is 98.1 Å². The summed E-state index contributed by atoms with van der Waals surface area (Å²) in [5.74, 6) is 1.06. The molecule has 1 aliphatic carbocycles. The molecule has 4 heterocycles. The van der Waals surface area contributed by atoms with Gasteiger partial charge in [-0.2, -0.15) is 10.2 Å². The van der Waals surface area contributed by atoms with Crippen LogP contribution < -0.4 is 0 Å². The average molecular weight is 431 g/mol. The van der Waals surface area contributed by atoms with Gasteiger partial charge >= 0.3 is 0 Å². The van der Waals surface area contributed by atoms with Crippen LogP contribution in [-0.4, -0.2) is 29.2 Å². The molecule has 5 rings (SSSR count).